The summed E-state index contributed by atoms with van der Waals surface area (Å²) in [6, 6.07) is 6.00. The third kappa shape index (κ3) is 1.80. The lowest BCUT2D eigenvalue weighted by Gasteiger charge is -2.02. The molecule has 1 aromatic heterocycles. The van der Waals surface area contributed by atoms with Crippen molar-refractivity contribution in [1.29, 1.82) is 0 Å². The molecule has 0 bridgehead atoms. The van der Waals surface area contributed by atoms with Gasteiger partial charge in [0.15, 0.2) is 5.69 Å². The van der Waals surface area contributed by atoms with Crippen molar-refractivity contribution in [2.75, 3.05) is 0 Å². The minimum absolute atomic E-state index is 0.00685. The Hall–Kier alpha value is -2.17. The molecule has 0 unspecified atom stereocenters. The highest BCUT2D eigenvalue weighted by Gasteiger charge is 2.21. The van der Waals surface area contributed by atoms with Gasteiger partial charge in [-0.25, -0.2) is 14.2 Å². The molecule has 0 aliphatic heterocycles. The normalized spacial score (nSPS) is 10.5. The van der Waals surface area contributed by atoms with E-state index < -0.39 is 11.8 Å². The number of aromatic nitrogens is 2. The number of hydrogen-bond acceptors (Lipinski definition) is 2. The summed E-state index contributed by atoms with van der Waals surface area (Å²) in [6.07, 6.45) is 0. The lowest BCUT2D eigenvalue weighted by atomic mass is 10.1. The van der Waals surface area contributed by atoms with Gasteiger partial charge < -0.3 is 9.67 Å². The number of hydrogen-bond donors (Lipinski definition) is 1. The van der Waals surface area contributed by atoms with E-state index in [4.69, 9.17) is 5.11 Å². The number of benzene rings is 1. The summed E-state index contributed by atoms with van der Waals surface area (Å²) in [5.41, 5.74) is 0.358. The van der Waals surface area contributed by atoms with Crippen LogP contribution >= 0.6 is 0 Å². The second-order valence-corrected chi connectivity index (χ2v) is 3.70. The fourth-order valence-corrected chi connectivity index (χ4v) is 1.70. The van der Waals surface area contributed by atoms with Crippen LogP contribution in [0.4, 0.5) is 4.39 Å². The van der Waals surface area contributed by atoms with Crippen molar-refractivity contribution in [1.82, 2.24) is 9.55 Å². The second-order valence-electron chi connectivity index (χ2n) is 3.70. The van der Waals surface area contributed by atoms with Gasteiger partial charge in [-0.05, 0) is 19.1 Å². The number of rotatable bonds is 2. The highest BCUT2D eigenvalue weighted by molar-refractivity contribution is 5.93. The van der Waals surface area contributed by atoms with E-state index in [1.807, 2.05) is 0 Å². The summed E-state index contributed by atoms with van der Waals surface area (Å²) in [4.78, 5) is 15.3. The number of aryl methyl sites for hydroxylation is 1. The molecule has 2 rings (SSSR count). The summed E-state index contributed by atoms with van der Waals surface area (Å²) in [6.45, 7) is 1.68. The van der Waals surface area contributed by atoms with Crippen LogP contribution in [0.15, 0.2) is 24.3 Å². The van der Waals surface area contributed by atoms with Crippen molar-refractivity contribution in [2.45, 2.75) is 6.92 Å². The Labute approximate surface area is 97.3 Å². The molecule has 2 aromatic rings. The first-order chi connectivity index (χ1) is 8.02. The van der Waals surface area contributed by atoms with Crippen LogP contribution in [0.25, 0.3) is 11.3 Å². The standard InChI is InChI=1S/C12H11FN2O2/c1-7-14-10(11(12(16)17)15(7)2)8-5-3-4-6-9(8)13/h3-6H,1-2H3,(H,16,17). The topological polar surface area (TPSA) is 55.1 Å². The van der Waals surface area contributed by atoms with E-state index in [0.29, 0.717) is 5.82 Å². The van der Waals surface area contributed by atoms with Crippen LogP contribution in [0.1, 0.15) is 16.3 Å². The predicted molar refractivity (Wildman–Crippen MR) is 60.3 cm³/mol. The molecule has 17 heavy (non-hydrogen) atoms. The average molecular weight is 234 g/mol. The third-order valence-electron chi connectivity index (χ3n) is 2.65. The fraction of sp³-hybridized carbons (Fsp3) is 0.167. The summed E-state index contributed by atoms with van der Waals surface area (Å²) >= 11 is 0. The molecule has 1 heterocycles. The average Bonchev–Trinajstić information content (AvgIpc) is 2.56. The first-order valence-corrected chi connectivity index (χ1v) is 5.04. The smallest absolute Gasteiger partial charge is 0.354 e. The van der Waals surface area contributed by atoms with Crippen LogP contribution < -0.4 is 0 Å². The summed E-state index contributed by atoms with van der Waals surface area (Å²) < 4.78 is 15.1. The molecule has 1 aromatic carbocycles. The lowest BCUT2D eigenvalue weighted by Crippen LogP contribution is -2.07. The third-order valence-corrected chi connectivity index (χ3v) is 2.65. The van der Waals surface area contributed by atoms with Crippen molar-refractivity contribution in [3.63, 3.8) is 0 Å². The Bertz CT molecular complexity index is 590. The molecule has 0 fully saturated rings. The van der Waals surface area contributed by atoms with Crippen molar-refractivity contribution >= 4 is 5.97 Å². The first kappa shape index (κ1) is 11.3. The highest BCUT2D eigenvalue weighted by atomic mass is 19.1. The van der Waals surface area contributed by atoms with Crippen LogP contribution in [-0.2, 0) is 7.05 Å². The van der Waals surface area contributed by atoms with Crippen LogP contribution in [0.3, 0.4) is 0 Å². The number of halogens is 1. The Morgan fingerprint density at radius 1 is 1.41 bits per heavy atom. The van der Waals surface area contributed by atoms with E-state index in [-0.39, 0.29) is 17.0 Å². The SMILES string of the molecule is Cc1nc(-c2ccccc2F)c(C(=O)O)n1C. The first-order valence-electron chi connectivity index (χ1n) is 5.04. The number of aromatic carboxylic acids is 1. The van der Waals surface area contributed by atoms with Gasteiger partial charge in [-0.2, -0.15) is 0 Å². The van der Waals surface area contributed by atoms with Gasteiger partial charge >= 0.3 is 5.97 Å². The van der Waals surface area contributed by atoms with Gasteiger partial charge in [-0.3, -0.25) is 0 Å². The fourth-order valence-electron chi connectivity index (χ4n) is 1.70. The van der Waals surface area contributed by atoms with Crippen molar-refractivity contribution < 1.29 is 14.3 Å². The molecule has 5 heteroatoms. The predicted octanol–water partition coefficient (Wildman–Crippen LogP) is 2.23. The van der Waals surface area contributed by atoms with E-state index in [1.165, 1.54) is 16.7 Å². The summed E-state index contributed by atoms with van der Waals surface area (Å²) in [5, 5.41) is 9.13. The summed E-state index contributed by atoms with van der Waals surface area (Å²) in [7, 11) is 1.59. The Morgan fingerprint density at radius 3 is 2.65 bits per heavy atom. The number of carboxylic acids is 1. The maximum atomic E-state index is 13.6. The largest absolute Gasteiger partial charge is 0.477 e. The van der Waals surface area contributed by atoms with Gasteiger partial charge in [0.2, 0.25) is 0 Å². The number of nitrogens with zero attached hydrogens (tertiary/aromatic N) is 2. The quantitative estimate of drug-likeness (QED) is 0.866. The molecule has 88 valence electrons. The van der Waals surface area contributed by atoms with Crippen LogP contribution in [0, 0.1) is 12.7 Å². The molecule has 0 atom stereocenters. The van der Waals surface area contributed by atoms with Crippen molar-refractivity contribution in [3.05, 3.63) is 41.6 Å². The van der Waals surface area contributed by atoms with Gasteiger partial charge in [0.1, 0.15) is 17.3 Å². The van der Waals surface area contributed by atoms with E-state index in [2.05, 4.69) is 4.98 Å². The van der Waals surface area contributed by atoms with Gasteiger partial charge in [0, 0.05) is 12.6 Å². The highest BCUT2D eigenvalue weighted by Crippen LogP contribution is 2.25. The summed E-state index contributed by atoms with van der Waals surface area (Å²) in [5.74, 6) is -1.07. The minimum atomic E-state index is -1.12. The van der Waals surface area contributed by atoms with Gasteiger partial charge in [0.05, 0.1) is 0 Å². The van der Waals surface area contributed by atoms with E-state index in [0.717, 1.165) is 0 Å². The van der Waals surface area contributed by atoms with Crippen LogP contribution in [0.2, 0.25) is 0 Å². The van der Waals surface area contributed by atoms with Crippen LogP contribution in [-0.4, -0.2) is 20.6 Å². The van der Waals surface area contributed by atoms with Crippen molar-refractivity contribution in [3.8, 4) is 11.3 Å². The molecule has 0 aliphatic carbocycles. The maximum absolute atomic E-state index is 13.6. The maximum Gasteiger partial charge on any atom is 0.354 e. The van der Waals surface area contributed by atoms with Crippen LogP contribution in [0.5, 0.6) is 0 Å². The van der Waals surface area contributed by atoms with E-state index in [9.17, 15) is 9.18 Å². The molecular formula is C12H11FN2O2. The zero-order valence-electron chi connectivity index (χ0n) is 9.44. The number of imidazole rings is 1. The van der Waals surface area contributed by atoms with Crippen molar-refractivity contribution in [2.24, 2.45) is 7.05 Å². The second kappa shape index (κ2) is 4.01. The molecular weight excluding hydrogens is 223 g/mol. The zero-order valence-corrected chi connectivity index (χ0v) is 9.44. The number of carbonyl (C=O) groups is 1. The Balaban J connectivity index is 2.72. The van der Waals surface area contributed by atoms with Gasteiger partial charge in [0.25, 0.3) is 0 Å². The monoisotopic (exact) mass is 234 g/mol. The van der Waals surface area contributed by atoms with E-state index in [1.54, 1.807) is 26.1 Å². The molecule has 0 saturated carbocycles. The van der Waals surface area contributed by atoms with Gasteiger partial charge in [-0.1, -0.05) is 12.1 Å². The van der Waals surface area contributed by atoms with Gasteiger partial charge in [-0.15, -0.1) is 0 Å². The molecule has 0 amide bonds. The molecule has 0 saturated heterocycles. The lowest BCUT2D eigenvalue weighted by molar-refractivity contribution is 0.0687. The Morgan fingerprint density at radius 2 is 2.06 bits per heavy atom. The Kier molecular flexibility index (Phi) is 2.67. The van der Waals surface area contributed by atoms with E-state index >= 15 is 0 Å². The number of carboxylic acid groups (broad SMARTS) is 1. The molecule has 0 aliphatic rings. The molecule has 0 spiro atoms. The molecule has 4 nitrogen and oxygen atoms in total. The zero-order chi connectivity index (χ0) is 12.6. The minimum Gasteiger partial charge on any atom is -0.477 e. The molecule has 1 N–H and O–H groups in total. The molecule has 0 radical (unpaired) electrons.